The molecule has 0 bridgehead atoms. The Bertz CT molecular complexity index is 640. The smallest absolute Gasteiger partial charge is 0.272 e. The number of hydrogen-bond acceptors (Lipinski definition) is 4. The zero-order chi connectivity index (χ0) is 13.1. The summed E-state index contributed by atoms with van der Waals surface area (Å²) in [5, 5.41) is 19.7. The lowest BCUT2D eigenvalue weighted by molar-refractivity contribution is -0.385. The second kappa shape index (κ2) is 4.67. The lowest BCUT2D eigenvalue weighted by atomic mass is 10.1. The van der Waals surface area contributed by atoms with Crippen LogP contribution in [0.4, 0.5) is 5.69 Å². The number of rotatable bonds is 3. The molecule has 0 atom stereocenters. The molecule has 90 valence electrons. The molecule has 0 spiro atoms. The highest BCUT2D eigenvalue weighted by atomic mass is 16.6. The molecule has 1 aromatic carbocycles. The Balaban J connectivity index is 2.39. The van der Waals surface area contributed by atoms with Gasteiger partial charge in [-0.2, -0.15) is 5.26 Å². The number of nitrogens with zero attached hydrogens (tertiary/aromatic N) is 4. The van der Waals surface area contributed by atoms with Crippen LogP contribution in [0.5, 0.6) is 0 Å². The minimum Gasteiger partial charge on any atom is -0.318 e. The van der Waals surface area contributed by atoms with E-state index in [1.807, 2.05) is 12.1 Å². The van der Waals surface area contributed by atoms with Crippen LogP contribution in [0.25, 0.3) is 0 Å². The molecule has 6 heteroatoms. The molecule has 0 amide bonds. The second-order valence-electron chi connectivity index (χ2n) is 3.81. The number of nitriles is 1. The fraction of sp³-hybridized carbons (Fsp3) is 0.167. The van der Waals surface area contributed by atoms with E-state index < -0.39 is 4.92 Å². The zero-order valence-corrected chi connectivity index (χ0v) is 9.70. The molecular formula is C12H10N4O2. The van der Waals surface area contributed by atoms with E-state index in [1.54, 1.807) is 23.8 Å². The Morgan fingerprint density at radius 1 is 1.56 bits per heavy atom. The molecule has 0 saturated carbocycles. The van der Waals surface area contributed by atoms with E-state index in [4.69, 9.17) is 5.26 Å². The van der Waals surface area contributed by atoms with Crippen LogP contribution in [0.3, 0.4) is 0 Å². The van der Waals surface area contributed by atoms with Gasteiger partial charge < -0.3 is 4.57 Å². The van der Waals surface area contributed by atoms with Crippen molar-refractivity contribution in [3.05, 3.63) is 57.7 Å². The third-order valence-electron chi connectivity index (χ3n) is 2.77. The molecule has 0 N–H and O–H groups in total. The summed E-state index contributed by atoms with van der Waals surface area (Å²) in [6.07, 6.45) is 3.21. The van der Waals surface area contributed by atoms with E-state index in [0.29, 0.717) is 17.9 Å². The van der Waals surface area contributed by atoms with E-state index in [2.05, 4.69) is 4.98 Å². The van der Waals surface area contributed by atoms with Crippen molar-refractivity contribution in [3.63, 3.8) is 0 Å². The van der Waals surface area contributed by atoms with Gasteiger partial charge in [0.05, 0.1) is 11.5 Å². The first-order valence-electron chi connectivity index (χ1n) is 5.27. The van der Waals surface area contributed by atoms with E-state index in [9.17, 15) is 10.1 Å². The topological polar surface area (TPSA) is 84.8 Å². The minimum atomic E-state index is -0.405. The van der Waals surface area contributed by atoms with E-state index in [-0.39, 0.29) is 5.69 Å². The Morgan fingerprint density at radius 3 is 3.00 bits per heavy atom. The summed E-state index contributed by atoms with van der Waals surface area (Å²) in [5.74, 6) is 0.293. The van der Waals surface area contributed by atoms with Gasteiger partial charge in [-0.05, 0) is 12.5 Å². The van der Waals surface area contributed by atoms with Gasteiger partial charge in [0, 0.05) is 24.0 Å². The van der Waals surface area contributed by atoms with Gasteiger partial charge >= 0.3 is 0 Å². The van der Waals surface area contributed by atoms with Crippen molar-refractivity contribution in [3.8, 4) is 6.07 Å². The first-order valence-corrected chi connectivity index (χ1v) is 5.27. The maximum absolute atomic E-state index is 10.8. The van der Waals surface area contributed by atoms with Crippen LogP contribution in [-0.2, 0) is 6.54 Å². The summed E-state index contributed by atoms with van der Waals surface area (Å²) >= 11 is 0. The molecule has 2 rings (SSSR count). The molecule has 1 heterocycles. The summed E-state index contributed by atoms with van der Waals surface area (Å²) in [4.78, 5) is 14.3. The monoisotopic (exact) mass is 242 g/mol. The highest BCUT2D eigenvalue weighted by molar-refractivity contribution is 5.44. The summed E-state index contributed by atoms with van der Waals surface area (Å²) < 4.78 is 1.66. The van der Waals surface area contributed by atoms with E-state index in [1.165, 1.54) is 12.3 Å². The van der Waals surface area contributed by atoms with Crippen molar-refractivity contribution in [2.24, 2.45) is 0 Å². The molecule has 0 unspecified atom stereocenters. The quantitative estimate of drug-likeness (QED) is 0.608. The number of imidazole rings is 1. The van der Waals surface area contributed by atoms with E-state index >= 15 is 0 Å². The first kappa shape index (κ1) is 11.8. The van der Waals surface area contributed by atoms with Crippen LogP contribution in [0, 0.1) is 28.4 Å². The predicted molar refractivity (Wildman–Crippen MR) is 63.9 cm³/mol. The van der Waals surface area contributed by atoms with Gasteiger partial charge in [-0.1, -0.05) is 12.1 Å². The molecule has 6 nitrogen and oxygen atoms in total. The van der Waals surface area contributed by atoms with Crippen LogP contribution in [0.2, 0.25) is 0 Å². The first-order chi connectivity index (χ1) is 8.63. The number of aromatic nitrogens is 2. The molecule has 0 fully saturated rings. The van der Waals surface area contributed by atoms with Gasteiger partial charge in [0.25, 0.3) is 5.69 Å². The normalized spacial score (nSPS) is 10.0. The molecule has 2 aromatic rings. The molecular weight excluding hydrogens is 232 g/mol. The Hall–Kier alpha value is -2.68. The van der Waals surface area contributed by atoms with Crippen LogP contribution >= 0.6 is 0 Å². The number of nitro benzene ring substituents is 1. The molecule has 1 aromatic heterocycles. The summed E-state index contributed by atoms with van der Waals surface area (Å²) in [7, 11) is 0. The van der Waals surface area contributed by atoms with Crippen molar-refractivity contribution in [1.82, 2.24) is 9.55 Å². The van der Waals surface area contributed by atoms with Crippen LogP contribution in [0.15, 0.2) is 30.6 Å². The van der Waals surface area contributed by atoms with Crippen LogP contribution in [0.1, 0.15) is 17.0 Å². The molecule has 0 saturated heterocycles. The van der Waals surface area contributed by atoms with Gasteiger partial charge in [0.1, 0.15) is 6.07 Å². The van der Waals surface area contributed by atoms with Crippen molar-refractivity contribution in [2.45, 2.75) is 13.5 Å². The van der Waals surface area contributed by atoms with Crippen molar-refractivity contribution >= 4 is 5.69 Å². The lowest BCUT2D eigenvalue weighted by Gasteiger charge is -2.07. The zero-order valence-electron chi connectivity index (χ0n) is 9.70. The number of hydrogen-bond donors (Lipinski definition) is 0. The van der Waals surface area contributed by atoms with Crippen molar-refractivity contribution in [2.75, 3.05) is 0 Å². The molecule has 0 aliphatic rings. The average molecular weight is 242 g/mol. The van der Waals surface area contributed by atoms with Gasteiger partial charge in [0.15, 0.2) is 0 Å². The molecule has 18 heavy (non-hydrogen) atoms. The SMILES string of the molecule is Cc1c(Cn2ccnc2C#N)cccc1[N+](=O)[O-]. The molecule has 0 radical (unpaired) electrons. The van der Waals surface area contributed by atoms with Gasteiger partial charge in [-0.15, -0.1) is 0 Å². The van der Waals surface area contributed by atoms with Crippen LogP contribution < -0.4 is 0 Å². The third kappa shape index (κ3) is 2.06. The number of benzene rings is 1. The maximum Gasteiger partial charge on any atom is 0.272 e. The minimum absolute atomic E-state index is 0.0890. The van der Waals surface area contributed by atoms with Gasteiger partial charge in [-0.3, -0.25) is 10.1 Å². The fourth-order valence-corrected chi connectivity index (χ4v) is 1.77. The average Bonchev–Trinajstić information content (AvgIpc) is 2.78. The molecule has 0 aliphatic carbocycles. The Morgan fingerprint density at radius 2 is 2.33 bits per heavy atom. The predicted octanol–water partition coefficient (Wildman–Crippen LogP) is 2.02. The lowest BCUT2D eigenvalue weighted by Crippen LogP contribution is -2.04. The molecule has 0 aliphatic heterocycles. The standard InChI is InChI=1S/C12H10N4O2/c1-9-10(3-2-4-11(9)16(17)18)8-15-6-5-14-12(15)7-13/h2-6H,8H2,1H3. The van der Waals surface area contributed by atoms with Gasteiger partial charge in [-0.25, -0.2) is 4.98 Å². The highest BCUT2D eigenvalue weighted by Crippen LogP contribution is 2.21. The second-order valence-corrected chi connectivity index (χ2v) is 3.81. The summed E-state index contributed by atoms with van der Waals surface area (Å²) in [6.45, 7) is 2.10. The summed E-state index contributed by atoms with van der Waals surface area (Å²) in [6, 6.07) is 6.89. The van der Waals surface area contributed by atoms with Crippen LogP contribution in [-0.4, -0.2) is 14.5 Å². The van der Waals surface area contributed by atoms with Crippen molar-refractivity contribution in [1.29, 1.82) is 5.26 Å². The largest absolute Gasteiger partial charge is 0.318 e. The van der Waals surface area contributed by atoms with E-state index in [0.717, 1.165) is 5.56 Å². The van der Waals surface area contributed by atoms with Crippen molar-refractivity contribution < 1.29 is 4.92 Å². The third-order valence-corrected chi connectivity index (χ3v) is 2.77. The maximum atomic E-state index is 10.8. The summed E-state index contributed by atoms with van der Waals surface area (Å²) in [5.41, 5.74) is 1.50. The van der Waals surface area contributed by atoms with Gasteiger partial charge in [0.2, 0.25) is 5.82 Å². The number of nitro groups is 1. The fourth-order valence-electron chi connectivity index (χ4n) is 1.77. The highest BCUT2D eigenvalue weighted by Gasteiger charge is 2.14. The Labute approximate surface area is 103 Å². The Kier molecular flexibility index (Phi) is 3.06.